The quantitative estimate of drug-likeness (QED) is 0.599. The maximum absolute atomic E-state index is 10.3. The number of carboxylic acid groups (broad SMARTS) is 1. The first-order valence-corrected chi connectivity index (χ1v) is 3.91. The Morgan fingerprint density at radius 2 is 2.33 bits per heavy atom. The molecule has 54 valence electrons. The molecule has 3 nitrogen and oxygen atoms in total. The van der Waals surface area contributed by atoms with Crippen molar-refractivity contribution in [3.8, 4) is 0 Å². The molecule has 3 N–H and O–H groups in total. The van der Waals surface area contributed by atoms with E-state index in [-0.39, 0.29) is 0 Å². The van der Waals surface area contributed by atoms with E-state index in [0.717, 1.165) is 0 Å². The van der Waals surface area contributed by atoms with Crippen LogP contribution >= 0.6 is 11.8 Å². The summed E-state index contributed by atoms with van der Waals surface area (Å²) >= 11 is 1.43. The molecule has 0 amide bonds. The Kier molecular flexibility index (Phi) is 3.00. The SMILES string of the molecule is CSCC(C)(N)C(=O)O. The van der Waals surface area contributed by atoms with Crippen LogP contribution in [0.4, 0.5) is 0 Å². The van der Waals surface area contributed by atoms with Crippen molar-refractivity contribution in [3.05, 3.63) is 0 Å². The minimum atomic E-state index is -1.07. The molecule has 0 aromatic rings. The van der Waals surface area contributed by atoms with Gasteiger partial charge in [-0.25, -0.2) is 0 Å². The largest absolute Gasteiger partial charge is 0.480 e. The minimum absolute atomic E-state index is 0.447. The topological polar surface area (TPSA) is 63.3 Å². The summed E-state index contributed by atoms with van der Waals surface area (Å²) in [4.78, 5) is 10.3. The highest BCUT2D eigenvalue weighted by Crippen LogP contribution is 2.06. The number of carboxylic acids is 1. The van der Waals surface area contributed by atoms with Crippen molar-refractivity contribution >= 4 is 17.7 Å². The number of aliphatic carboxylic acids is 1. The standard InChI is InChI=1S/C5H11NO2S/c1-5(6,3-9-2)4(7)8/h3,6H2,1-2H3,(H,7,8). The first-order valence-electron chi connectivity index (χ1n) is 2.52. The summed E-state index contributed by atoms with van der Waals surface area (Å²) in [6.45, 7) is 1.51. The van der Waals surface area contributed by atoms with Gasteiger partial charge in [0.25, 0.3) is 0 Å². The Bertz CT molecular complexity index is 114. The Labute approximate surface area is 58.6 Å². The molecule has 0 aromatic carbocycles. The van der Waals surface area contributed by atoms with Crippen molar-refractivity contribution in [3.63, 3.8) is 0 Å². The van der Waals surface area contributed by atoms with E-state index in [1.165, 1.54) is 18.7 Å². The Morgan fingerprint density at radius 1 is 1.89 bits per heavy atom. The summed E-state index contributed by atoms with van der Waals surface area (Å²) in [5, 5.41) is 8.43. The van der Waals surface area contributed by atoms with E-state index in [4.69, 9.17) is 10.8 Å². The van der Waals surface area contributed by atoms with Crippen LogP contribution in [0.25, 0.3) is 0 Å². The predicted molar refractivity (Wildman–Crippen MR) is 38.6 cm³/mol. The van der Waals surface area contributed by atoms with Gasteiger partial charge in [-0.2, -0.15) is 11.8 Å². The van der Waals surface area contributed by atoms with Crippen molar-refractivity contribution < 1.29 is 9.90 Å². The third-order valence-corrected chi connectivity index (χ3v) is 1.82. The van der Waals surface area contributed by atoms with E-state index in [1.54, 1.807) is 0 Å². The van der Waals surface area contributed by atoms with Gasteiger partial charge in [-0.05, 0) is 13.2 Å². The fraction of sp³-hybridized carbons (Fsp3) is 0.800. The second-order valence-corrected chi connectivity index (χ2v) is 3.02. The molecule has 1 atom stereocenters. The second kappa shape index (κ2) is 3.08. The molecule has 0 aliphatic carbocycles. The van der Waals surface area contributed by atoms with Gasteiger partial charge in [0.1, 0.15) is 5.54 Å². The summed E-state index contributed by atoms with van der Waals surface area (Å²) in [6, 6.07) is 0. The van der Waals surface area contributed by atoms with Gasteiger partial charge in [0.05, 0.1) is 0 Å². The first kappa shape index (κ1) is 8.78. The fourth-order valence-electron chi connectivity index (χ4n) is 0.362. The zero-order chi connectivity index (χ0) is 7.49. The highest BCUT2D eigenvalue weighted by Gasteiger charge is 2.26. The van der Waals surface area contributed by atoms with Crippen LogP contribution in [0.3, 0.4) is 0 Å². The third kappa shape index (κ3) is 2.72. The van der Waals surface area contributed by atoms with E-state index >= 15 is 0 Å². The maximum Gasteiger partial charge on any atom is 0.324 e. The Morgan fingerprint density at radius 3 is 2.44 bits per heavy atom. The Hall–Kier alpha value is -0.220. The number of hydrogen-bond donors (Lipinski definition) is 2. The zero-order valence-electron chi connectivity index (χ0n) is 5.55. The van der Waals surface area contributed by atoms with Crippen LogP contribution in [0, 0.1) is 0 Å². The van der Waals surface area contributed by atoms with Crippen LogP contribution in [0.2, 0.25) is 0 Å². The van der Waals surface area contributed by atoms with Crippen molar-refractivity contribution in [1.82, 2.24) is 0 Å². The monoisotopic (exact) mass is 149 g/mol. The van der Waals surface area contributed by atoms with E-state index in [2.05, 4.69) is 0 Å². The highest BCUT2D eigenvalue weighted by molar-refractivity contribution is 7.98. The van der Waals surface area contributed by atoms with Gasteiger partial charge in [0.15, 0.2) is 0 Å². The molecule has 0 fully saturated rings. The molecule has 0 bridgehead atoms. The third-order valence-electron chi connectivity index (χ3n) is 0.933. The lowest BCUT2D eigenvalue weighted by molar-refractivity contribution is -0.141. The van der Waals surface area contributed by atoms with Crippen molar-refractivity contribution in [2.24, 2.45) is 5.73 Å². The normalized spacial score (nSPS) is 16.8. The van der Waals surface area contributed by atoms with Crippen LogP contribution in [0.15, 0.2) is 0 Å². The molecule has 4 heteroatoms. The van der Waals surface area contributed by atoms with Gasteiger partial charge in [-0.3, -0.25) is 4.79 Å². The summed E-state index contributed by atoms with van der Waals surface area (Å²) in [5.41, 5.74) is 4.28. The van der Waals surface area contributed by atoms with Gasteiger partial charge in [-0.1, -0.05) is 0 Å². The van der Waals surface area contributed by atoms with E-state index < -0.39 is 11.5 Å². The minimum Gasteiger partial charge on any atom is -0.480 e. The van der Waals surface area contributed by atoms with Gasteiger partial charge >= 0.3 is 5.97 Å². The number of carbonyl (C=O) groups is 1. The van der Waals surface area contributed by atoms with Crippen molar-refractivity contribution in [1.29, 1.82) is 0 Å². The average Bonchev–Trinajstić information content (AvgIpc) is 1.65. The molecule has 0 radical (unpaired) electrons. The van der Waals surface area contributed by atoms with Crippen molar-refractivity contribution in [2.45, 2.75) is 12.5 Å². The molecule has 0 aliphatic heterocycles. The summed E-state index contributed by atoms with van der Waals surface area (Å²) < 4.78 is 0. The molecule has 0 spiro atoms. The maximum atomic E-state index is 10.3. The van der Waals surface area contributed by atoms with Gasteiger partial charge < -0.3 is 10.8 Å². The second-order valence-electron chi connectivity index (χ2n) is 2.16. The van der Waals surface area contributed by atoms with Crippen LogP contribution in [0.5, 0.6) is 0 Å². The van der Waals surface area contributed by atoms with Crippen LogP contribution < -0.4 is 5.73 Å². The lowest BCUT2D eigenvalue weighted by Gasteiger charge is -2.16. The molecule has 0 heterocycles. The molecule has 0 aliphatic rings. The predicted octanol–water partition coefficient (Wildman–Crippen LogP) is 0.151. The molecular formula is C5H11NO2S. The van der Waals surface area contributed by atoms with Crippen LogP contribution in [-0.4, -0.2) is 28.6 Å². The molecule has 0 saturated heterocycles. The first-order chi connectivity index (χ1) is 4.00. The lowest BCUT2D eigenvalue weighted by atomic mass is 10.1. The highest BCUT2D eigenvalue weighted by atomic mass is 32.2. The molecule has 1 unspecified atom stereocenters. The van der Waals surface area contributed by atoms with Gasteiger partial charge in [0.2, 0.25) is 0 Å². The zero-order valence-corrected chi connectivity index (χ0v) is 6.36. The Balaban J connectivity index is 3.85. The van der Waals surface area contributed by atoms with E-state index in [1.807, 2.05) is 6.26 Å². The summed E-state index contributed by atoms with van der Waals surface area (Å²) in [6.07, 6.45) is 1.83. The van der Waals surface area contributed by atoms with Crippen molar-refractivity contribution in [2.75, 3.05) is 12.0 Å². The smallest absolute Gasteiger partial charge is 0.324 e. The average molecular weight is 149 g/mol. The fourth-order valence-corrected chi connectivity index (χ4v) is 1.08. The lowest BCUT2D eigenvalue weighted by Crippen LogP contribution is -2.47. The number of nitrogens with two attached hydrogens (primary N) is 1. The van der Waals surface area contributed by atoms with Gasteiger partial charge in [0, 0.05) is 5.75 Å². The molecule has 0 aromatic heterocycles. The summed E-state index contributed by atoms with van der Waals surface area (Å²) in [7, 11) is 0. The molecule has 0 saturated carbocycles. The van der Waals surface area contributed by atoms with Crippen LogP contribution in [-0.2, 0) is 4.79 Å². The van der Waals surface area contributed by atoms with Crippen LogP contribution in [0.1, 0.15) is 6.92 Å². The summed E-state index contributed by atoms with van der Waals surface area (Å²) in [5.74, 6) is -0.501. The van der Waals surface area contributed by atoms with E-state index in [9.17, 15) is 4.79 Å². The molecule has 9 heavy (non-hydrogen) atoms. The number of thioether (sulfide) groups is 1. The molecular weight excluding hydrogens is 138 g/mol. The van der Waals surface area contributed by atoms with Gasteiger partial charge in [-0.15, -0.1) is 0 Å². The number of rotatable bonds is 3. The molecule has 0 rings (SSSR count). The van der Waals surface area contributed by atoms with E-state index in [0.29, 0.717) is 5.75 Å². The number of hydrogen-bond acceptors (Lipinski definition) is 3.